The van der Waals surface area contributed by atoms with Crippen molar-refractivity contribution in [3.8, 4) is 5.75 Å². The lowest BCUT2D eigenvalue weighted by molar-refractivity contribution is -0.119. The van der Waals surface area contributed by atoms with Crippen LogP contribution in [0.2, 0.25) is 0 Å². The topological polar surface area (TPSA) is 71.5 Å². The molecule has 1 aliphatic heterocycles. The number of nitrogens with one attached hydrogen (secondary N) is 1. The van der Waals surface area contributed by atoms with Crippen molar-refractivity contribution < 1.29 is 14.3 Å². The van der Waals surface area contributed by atoms with Crippen molar-refractivity contribution in [2.24, 2.45) is 0 Å². The number of carbonyl (C=O) groups is 2. The normalized spacial score (nSPS) is 17.8. The average Bonchev–Trinajstić information content (AvgIpc) is 3.23. The van der Waals surface area contributed by atoms with Crippen LogP contribution in [0.4, 0.5) is 5.13 Å². The number of fused-ring (bicyclic) bond motifs is 2. The summed E-state index contributed by atoms with van der Waals surface area (Å²) in [7, 11) is 3.35. The average molecular weight is 444 g/mol. The van der Waals surface area contributed by atoms with Crippen molar-refractivity contribution in [1.82, 2.24) is 9.88 Å². The van der Waals surface area contributed by atoms with Crippen molar-refractivity contribution >= 4 is 38.5 Å². The van der Waals surface area contributed by atoms with E-state index in [1.54, 1.807) is 25.1 Å². The minimum absolute atomic E-state index is 0.106. The van der Waals surface area contributed by atoms with Gasteiger partial charge in [-0.15, -0.1) is 0 Å². The smallest absolute Gasteiger partial charge is 0.254 e. The summed E-state index contributed by atoms with van der Waals surface area (Å²) in [6.07, 6.45) is 0. The highest BCUT2D eigenvalue weighted by atomic mass is 32.1. The number of hydrogen-bond donors (Lipinski definition) is 1. The van der Waals surface area contributed by atoms with Crippen molar-refractivity contribution in [3.63, 3.8) is 0 Å². The molecule has 2 amide bonds. The SMILES string of the molecule is COc1ccc([C@@H]2[C@H](C(=O)Nc3nc4ccccc4s3)c3ccccc3C(=O)N2C)cc1. The van der Waals surface area contributed by atoms with Crippen LogP contribution in [0.25, 0.3) is 10.2 Å². The summed E-state index contributed by atoms with van der Waals surface area (Å²) >= 11 is 1.43. The first-order valence-corrected chi connectivity index (χ1v) is 11.0. The minimum atomic E-state index is -0.589. The lowest BCUT2D eigenvalue weighted by Gasteiger charge is -2.39. The Labute approximate surface area is 189 Å². The molecular formula is C25H21N3O3S. The fourth-order valence-electron chi connectivity index (χ4n) is 4.28. The van der Waals surface area contributed by atoms with Gasteiger partial charge < -0.3 is 15.0 Å². The molecule has 5 rings (SSSR count). The summed E-state index contributed by atoms with van der Waals surface area (Å²) in [5, 5.41) is 3.55. The number of hydrogen-bond acceptors (Lipinski definition) is 5. The van der Waals surface area contributed by atoms with Gasteiger partial charge in [-0.25, -0.2) is 4.98 Å². The molecule has 0 saturated carbocycles. The third-order valence-corrected chi connectivity index (χ3v) is 6.80. The number of ether oxygens (including phenoxy) is 1. The van der Waals surface area contributed by atoms with E-state index in [0.717, 1.165) is 27.1 Å². The van der Waals surface area contributed by atoms with Gasteiger partial charge in [0, 0.05) is 12.6 Å². The van der Waals surface area contributed by atoms with Crippen LogP contribution in [0.15, 0.2) is 72.8 Å². The number of aromatic nitrogens is 1. The molecule has 1 aliphatic rings. The molecule has 0 aliphatic carbocycles. The lowest BCUT2D eigenvalue weighted by atomic mass is 9.79. The molecule has 0 bridgehead atoms. The molecule has 32 heavy (non-hydrogen) atoms. The third kappa shape index (κ3) is 3.40. The van der Waals surface area contributed by atoms with E-state index in [1.807, 2.05) is 66.7 Å². The van der Waals surface area contributed by atoms with E-state index in [-0.39, 0.29) is 11.8 Å². The number of likely N-dealkylation sites (N-methyl/N-ethyl adjacent to an activating group) is 1. The van der Waals surface area contributed by atoms with Crippen LogP contribution < -0.4 is 10.1 Å². The van der Waals surface area contributed by atoms with Gasteiger partial charge in [-0.3, -0.25) is 9.59 Å². The van der Waals surface area contributed by atoms with Gasteiger partial charge >= 0.3 is 0 Å². The van der Waals surface area contributed by atoms with Crippen molar-refractivity contribution in [1.29, 1.82) is 0 Å². The Morgan fingerprint density at radius 2 is 1.75 bits per heavy atom. The molecule has 1 aromatic heterocycles. The molecule has 1 N–H and O–H groups in total. The first-order valence-electron chi connectivity index (χ1n) is 10.2. The quantitative estimate of drug-likeness (QED) is 0.489. The van der Waals surface area contributed by atoms with Gasteiger partial charge in [0.15, 0.2) is 5.13 Å². The number of nitrogens with zero attached hydrogens (tertiary/aromatic N) is 2. The Morgan fingerprint density at radius 3 is 2.50 bits per heavy atom. The fourth-order valence-corrected chi connectivity index (χ4v) is 5.15. The number of para-hydroxylation sites is 1. The van der Waals surface area contributed by atoms with Gasteiger partial charge in [-0.05, 0) is 41.5 Å². The minimum Gasteiger partial charge on any atom is -0.497 e. The Bertz CT molecular complexity index is 1280. The van der Waals surface area contributed by atoms with Gasteiger partial charge in [0.25, 0.3) is 5.91 Å². The van der Waals surface area contributed by atoms with Crippen LogP contribution in [-0.2, 0) is 4.79 Å². The summed E-state index contributed by atoms with van der Waals surface area (Å²) < 4.78 is 6.28. The maximum Gasteiger partial charge on any atom is 0.254 e. The molecule has 0 radical (unpaired) electrons. The van der Waals surface area contributed by atoms with Crippen molar-refractivity contribution in [3.05, 3.63) is 89.5 Å². The zero-order valence-corrected chi connectivity index (χ0v) is 18.4. The third-order valence-electron chi connectivity index (χ3n) is 5.84. The highest BCUT2D eigenvalue weighted by molar-refractivity contribution is 7.22. The van der Waals surface area contributed by atoms with E-state index in [2.05, 4.69) is 10.3 Å². The molecule has 2 atom stereocenters. The molecule has 4 aromatic rings. The molecule has 0 fully saturated rings. The Kier molecular flexibility index (Phi) is 5.11. The number of amides is 2. The highest BCUT2D eigenvalue weighted by Crippen LogP contribution is 2.43. The summed E-state index contributed by atoms with van der Waals surface area (Å²) in [5.74, 6) is -0.175. The van der Waals surface area contributed by atoms with Gasteiger partial charge in [0.05, 0.1) is 29.3 Å². The highest BCUT2D eigenvalue weighted by Gasteiger charge is 2.42. The lowest BCUT2D eigenvalue weighted by Crippen LogP contribution is -2.44. The van der Waals surface area contributed by atoms with Gasteiger partial charge in [0.1, 0.15) is 5.75 Å². The van der Waals surface area contributed by atoms with Crippen LogP contribution in [0.5, 0.6) is 5.75 Å². The molecule has 0 unspecified atom stereocenters. The van der Waals surface area contributed by atoms with E-state index in [4.69, 9.17) is 4.74 Å². The summed E-state index contributed by atoms with van der Waals surface area (Å²) in [5.41, 5.74) is 2.97. The van der Waals surface area contributed by atoms with E-state index in [0.29, 0.717) is 10.7 Å². The molecule has 2 heterocycles. The number of carbonyl (C=O) groups excluding carboxylic acids is 2. The summed E-state index contributed by atoms with van der Waals surface area (Å²) in [6.45, 7) is 0. The molecule has 6 nitrogen and oxygen atoms in total. The van der Waals surface area contributed by atoms with E-state index >= 15 is 0 Å². The number of anilines is 1. The van der Waals surface area contributed by atoms with Crippen molar-refractivity contribution in [2.75, 3.05) is 19.5 Å². The van der Waals surface area contributed by atoms with Gasteiger partial charge in [-0.1, -0.05) is 53.8 Å². The zero-order valence-electron chi connectivity index (χ0n) is 17.6. The number of benzene rings is 3. The second-order valence-corrected chi connectivity index (χ2v) is 8.71. The molecule has 3 aromatic carbocycles. The van der Waals surface area contributed by atoms with Crippen molar-refractivity contribution in [2.45, 2.75) is 12.0 Å². The molecular weight excluding hydrogens is 422 g/mol. The second-order valence-electron chi connectivity index (χ2n) is 7.67. The van der Waals surface area contributed by atoms with Crippen LogP contribution in [0, 0.1) is 0 Å². The van der Waals surface area contributed by atoms with Crippen LogP contribution >= 0.6 is 11.3 Å². The molecule has 160 valence electrons. The standard InChI is InChI=1S/C25H21N3O3S/c1-28-22(15-11-13-16(31-2)14-12-15)21(17-7-3-4-8-18(17)24(28)30)23(29)27-25-26-19-9-5-6-10-20(19)32-25/h3-14,21-22H,1-2H3,(H,26,27,29)/t21-,22-/m1/s1. The zero-order chi connectivity index (χ0) is 22.2. The first kappa shape index (κ1) is 20.2. The molecule has 0 saturated heterocycles. The molecule has 0 spiro atoms. The van der Waals surface area contributed by atoms with E-state index < -0.39 is 12.0 Å². The predicted octanol–water partition coefficient (Wildman–Crippen LogP) is 4.85. The summed E-state index contributed by atoms with van der Waals surface area (Å²) in [6, 6.07) is 22.1. The first-order chi connectivity index (χ1) is 15.6. The number of rotatable bonds is 4. The Balaban J connectivity index is 1.57. The summed E-state index contributed by atoms with van der Waals surface area (Å²) in [4.78, 5) is 33.0. The van der Waals surface area contributed by atoms with Gasteiger partial charge in [-0.2, -0.15) is 0 Å². The monoisotopic (exact) mass is 443 g/mol. The van der Waals surface area contributed by atoms with E-state index in [9.17, 15) is 9.59 Å². The largest absolute Gasteiger partial charge is 0.497 e. The Morgan fingerprint density at radius 1 is 1.03 bits per heavy atom. The maximum absolute atomic E-state index is 13.7. The number of methoxy groups -OCH3 is 1. The van der Waals surface area contributed by atoms with Crippen LogP contribution in [-0.4, -0.2) is 35.9 Å². The molecule has 7 heteroatoms. The van der Waals surface area contributed by atoms with E-state index in [1.165, 1.54) is 11.3 Å². The van der Waals surface area contributed by atoms with Gasteiger partial charge in [0.2, 0.25) is 5.91 Å². The predicted molar refractivity (Wildman–Crippen MR) is 125 cm³/mol. The second kappa shape index (κ2) is 8.09. The maximum atomic E-state index is 13.7. The Hall–Kier alpha value is -3.71. The van der Waals surface area contributed by atoms with Crippen LogP contribution in [0.1, 0.15) is 33.4 Å². The number of thiazole rings is 1. The fraction of sp³-hybridized carbons (Fsp3) is 0.160. The van der Waals surface area contributed by atoms with Crippen LogP contribution in [0.3, 0.4) is 0 Å².